The van der Waals surface area contributed by atoms with Crippen LogP contribution in [-0.4, -0.2) is 60.3 Å². The van der Waals surface area contributed by atoms with E-state index < -0.39 is 0 Å². The lowest BCUT2D eigenvalue weighted by atomic mass is 10.1. The van der Waals surface area contributed by atoms with Gasteiger partial charge in [-0.05, 0) is 25.9 Å². The summed E-state index contributed by atoms with van der Waals surface area (Å²) >= 11 is 1.80. The second-order valence-electron chi connectivity index (χ2n) is 6.36. The first-order valence-electron chi connectivity index (χ1n) is 8.77. The van der Waals surface area contributed by atoms with Crippen LogP contribution in [0.3, 0.4) is 0 Å². The smallest absolute Gasteiger partial charge is 0.182 e. The van der Waals surface area contributed by atoms with Gasteiger partial charge in [-0.15, -0.1) is 11.8 Å². The second-order valence-corrected chi connectivity index (χ2v) is 7.50. The minimum Gasteiger partial charge on any atom is -0.340 e. The summed E-state index contributed by atoms with van der Waals surface area (Å²) in [5.74, 6) is 1.81. The first kappa shape index (κ1) is 15.8. The van der Waals surface area contributed by atoms with Crippen LogP contribution >= 0.6 is 11.8 Å². The predicted molar refractivity (Wildman–Crippen MR) is 101 cm³/mol. The molecule has 134 valence electrons. The monoisotopic (exact) mass is 369 g/mol. The molecule has 1 fully saturated rings. The van der Waals surface area contributed by atoms with E-state index in [9.17, 15) is 0 Å². The van der Waals surface area contributed by atoms with Gasteiger partial charge in [-0.2, -0.15) is 15.0 Å². The van der Waals surface area contributed by atoms with Crippen molar-refractivity contribution in [3.63, 3.8) is 0 Å². The fraction of sp³-hybridized carbons (Fsp3) is 0.438. The van der Waals surface area contributed by atoms with Gasteiger partial charge in [-0.1, -0.05) is 0 Å². The van der Waals surface area contributed by atoms with Gasteiger partial charge in [0.2, 0.25) is 0 Å². The van der Waals surface area contributed by atoms with E-state index >= 15 is 0 Å². The Bertz CT molecular complexity index is 940. The number of hydrogen-bond donors (Lipinski definition) is 2. The summed E-state index contributed by atoms with van der Waals surface area (Å²) in [6.07, 6.45) is 9.33. The van der Waals surface area contributed by atoms with Gasteiger partial charge < -0.3 is 15.2 Å². The topological polar surface area (TPSA) is 100 Å². The molecule has 5 rings (SSSR count). The van der Waals surface area contributed by atoms with Crippen molar-refractivity contribution in [3.8, 4) is 0 Å². The van der Waals surface area contributed by atoms with Crippen molar-refractivity contribution in [1.82, 2.24) is 40.2 Å². The summed E-state index contributed by atoms with van der Waals surface area (Å²) in [4.78, 5) is 21.1. The lowest BCUT2D eigenvalue weighted by molar-refractivity contribution is 0.313. The zero-order chi connectivity index (χ0) is 17.3. The molecule has 0 spiro atoms. The van der Waals surface area contributed by atoms with Crippen LogP contribution in [0.5, 0.6) is 0 Å². The summed E-state index contributed by atoms with van der Waals surface area (Å²) in [5, 5.41) is 12.6. The van der Waals surface area contributed by atoms with Crippen molar-refractivity contribution in [2.75, 3.05) is 30.3 Å². The summed E-state index contributed by atoms with van der Waals surface area (Å²) < 4.78 is 0. The van der Waals surface area contributed by atoms with Crippen molar-refractivity contribution < 1.29 is 0 Å². The number of H-pyrrole nitrogens is 1. The highest BCUT2D eigenvalue weighted by atomic mass is 32.2. The Morgan fingerprint density at radius 1 is 1.15 bits per heavy atom. The number of rotatable bonds is 3. The highest BCUT2D eigenvalue weighted by Crippen LogP contribution is 2.33. The van der Waals surface area contributed by atoms with Gasteiger partial charge >= 0.3 is 0 Å². The maximum atomic E-state index is 4.75. The first-order valence-corrected chi connectivity index (χ1v) is 9.75. The Kier molecular flexibility index (Phi) is 4.06. The van der Waals surface area contributed by atoms with Crippen LogP contribution in [0.1, 0.15) is 24.6 Å². The van der Waals surface area contributed by atoms with Gasteiger partial charge in [-0.25, -0.2) is 15.0 Å². The SMILES string of the molecule is C1=C(c2cnn(C3CCNCC3)n2)SCCN1c1ncnc2nc[nH]c12. The van der Waals surface area contributed by atoms with Crippen molar-refractivity contribution in [2.24, 2.45) is 0 Å². The minimum atomic E-state index is 0.391. The summed E-state index contributed by atoms with van der Waals surface area (Å²) in [5.41, 5.74) is 2.46. The third-order valence-electron chi connectivity index (χ3n) is 4.73. The zero-order valence-electron chi connectivity index (χ0n) is 14.2. The van der Waals surface area contributed by atoms with Gasteiger partial charge in [0.05, 0.1) is 23.5 Å². The number of anilines is 1. The van der Waals surface area contributed by atoms with Gasteiger partial charge in [0.1, 0.15) is 17.5 Å². The van der Waals surface area contributed by atoms with Crippen LogP contribution in [0.2, 0.25) is 0 Å². The number of piperidine rings is 1. The Hall–Kier alpha value is -2.46. The van der Waals surface area contributed by atoms with Crippen LogP contribution in [0.25, 0.3) is 16.1 Å². The Balaban J connectivity index is 1.44. The van der Waals surface area contributed by atoms with E-state index in [1.165, 1.54) is 0 Å². The summed E-state index contributed by atoms with van der Waals surface area (Å²) in [6.45, 7) is 2.93. The van der Waals surface area contributed by atoms with Crippen LogP contribution in [-0.2, 0) is 0 Å². The molecule has 10 heteroatoms. The van der Waals surface area contributed by atoms with Crippen LogP contribution < -0.4 is 10.2 Å². The quantitative estimate of drug-likeness (QED) is 0.715. The van der Waals surface area contributed by atoms with Gasteiger partial charge in [0.15, 0.2) is 11.5 Å². The molecule has 0 radical (unpaired) electrons. The number of aromatic amines is 1. The van der Waals surface area contributed by atoms with Gasteiger partial charge in [-0.3, -0.25) is 0 Å². The molecule has 3 aromatic heterocycles. The van der Waals surface area contributed by atoms with E-state index in [0.717, 1.165) is 60.2 Å². The number of nitrogens with one attached hydrogen (secondary N) is 2. The first-order chi connectivity index (χ1) is 12.9. The van der Waals surface area contributed by atoms with E-state index in [-0.39, 0.29) is 0 Å². The summed E-state index contributed by atoms with van der Waals surface area (Å²) in [6, 6.07) is 0.391. The fourth-order valence-electron chi connectivity index (χ4n) is 3.38. The third kappa shape index (κ3) is 2.84. The molecule has 0 bridgehead atoms. The summed E-state index contributed by atoms with van der Waals surface area (Å²) in [7, 11) is 0. The highest BCUT2D eigenvalue weighted by molar-refractivity contribution is 8.08. The normalized spacial score (nSPS) is 19.1. The number of aromatic nitrogens is 7. The lowest BCUT2D eigenvalue weighted by Gasteiger charge is -2.25. The number of imidazole rings is 1. The largest absolute Gasteiger partial charge is 0.340 e. The number of thioether (sulfide) groups is 1. The molecule has 0 aromatic carbocycles. The number of fused-ring (bicyclic) bond motifs is 1. The van der Waals surface area contributed by atoms with Gasteiger partial charge in [0.25, 0.3) is 0 Å². The second kappa shape index (κ2) is 6.69. The van der Waals surface area contributed by atoms with Crippen LogP contribution in [0, 0.1) is 0 Å². The predicted octanol–water partition coefficient (Wildman–Crippen LogP) is 1.42. The number of hydrogen-bond acceptors (Lipinski definition) is 8. The molecule has 3 aromatic rings. The highest BCUT2D eigenvalue weighted by Gasteiger charge is 2.22. The minimum absolute atomic E-state index is 0.391. The Morgan fingerprint density at radius 3 is 3.00 bits per heavy atom. The molecular weight excluding hydrogens is 350 g/mol. The zero-order valence-corrected chi connectivity index (χ0v) is 15.0. The van der Waals surface area contributed by atoms with Crippen molar-refractivity contribution in [2.45, 2.75) is 18.9 Å². The Morgan fingerprint density at radius 2 is 2.08 bits per heavy atom. The molecule has 5 heterocycles. The standard InChI is InChI=1S/C16H19N9S/c1-3-17-4-2-11(1)25-22-7-12(23-25)13-8-24(5-6-26-13)16-14-15(19-9-18-14)20-10-21-16/h7-11,17H,1-6H2,(H,18,19,20,21). The molecule has 0 saturated carbocycles. The fourth-order valence-corrected chi connectivity index (χ4v) is 4.33. The molecule has 0 aliphatic carbocycles. The van der Waals surface area contributed by atoms with Crippen molar-refractivity contribution >= 4 is 33.6 Å². The van der Waals surface area contributed by atoms with E-state index in [2.05, 4.69) is 41.5 Å². The molecule has 9 nitrogen and oxygen atoms in total. The average Bonchev–Trinajstić information content (AvgIpc) is 3.38. The van der Waals surface area contributed by atoms with Gasteiger partial charge in [0, 0.05) is 18.5 Å². The molecule has 0 amide bonds. The van der Waals surface area contributed by atoms with Crippen LogP contribution in [0.15, 0.2) is 25.1 Å². The van der Waals surface area contributed by atoms with Crippen LogP contribution in [0.4, 0.5) is 5.82 Å². The molecule has 26 heavy (non-hydrogen) atoms. The molecule has 0 atom stereocenters. The number of nitrogens with zero attached hydrogens (tertiary/aromatic N) is 7. The molecule has 2 aliphatic rings. The molecule has 0 unspecified atom stereocenters. The average molecular weight is 369 g/mol. The van der Waals surface area contributed by atoms with E-state index in [4.69, 9.17) is 5.10 Å². The molecule has 2 aliphatic heterocycles. The molecular formula is C16H19N9S. The maximum Gasteiger partial charge on any atom is 0.182 e. The third-order valence-corrected chi connectivity index (χ3v) is 5.75. The van der Waals surface area contributed by atoms with E-state index in [0.29, 0.717) is 11.7 Å². The lowest BCUT2D eigenvalue weighted by Crippen LogP contribution is -2.30. The Labute approximate surface area is 154 Å². The van der Waals surface area contributed by atoms with E-state index in [1.54, 1.807) is 24.4 Å². The maximum absolute atomic E-state index is 4.75. The molecule has 1 saturated heterocycles. The van der Waals surface area contributed by atoms with Crippen molar-refractivity contribution in [3.05, 3.63) is 30.7 Å². The van der Waals surface area contributed by atoms with Crippen molar-refractivity contribution in [1.29, 1.82) is 0 Å². The van der Waals surface area contributed by atoms with E-state index in [1.807, 2.05) is 11.0 Å². The molecule has 2 N–H and O–H groups in total.